The van der Waals surface area contributed by atoms with Crippen LogP contribution in [0, 0.1) is 3.57 Å². The standard InChI is InChI=1S/C11H5Cl2IN2O3/c12-9-4-8(10(13)16-15-9)19-7-2-1-5(14)3-6(7)11(17)18/h1-4H,(H,17,18). The van der Waals surface area contributed by atoms with Crippen molar-refractivity contribution in [2.45, 2.75) is 0 Å². The van der Waals surface area contributed by atoms with Gasteiger partial charge in [0.15, 0.2) is 16.1 Å². The SMILES string of the molecule is O=C(O)c1cc(I)ccc1Oc1cc(Cl)nnc1Cl. The molecule has 0 atom stereocenters. The van der Waals surface area contributed by atoms with Gasteiger partial charge in [0, 0.05) is 9.64 Å². The summed E-state index contributed by atoms with van der Waals surface area (Å²) >= 11 is 13.5. The van der Waals surface area contributed by atoms with Gasteiger partial charge in [0.1, 0.15) is 11.3 Å². The molecule has 1 aromatic heterocycles. The summed E-state index contributed by atoms with van der Waals surface area (Å²) in [6.07, 6.45) is 0. The molecule has 0 saturated heterocycles. The molecule has 0 aliphatic carbocycles. The molecule has 8 heteroatoms. The van der Waals surface area contributed by atoms with Gasteiger partial charge in [-0.3, -0.25) is 0 Å². The summed E-state index contributed by atoms with van der Waals surface area (Å²) in [6, 6.07) is 6.10. The van der Waals surface area contributed by atoms with E-state index in [1.54, 1.807) is 6.07 Å². The summed E-state index contributed by atoms with van der Waals surface area (Å²) in [5, 5.41) is 16.3. The Hall–Kier alpha value is -1.12. The number of carboxylic acids is 1. The normalized spacial score (nSPS) is 10.3. The average molecular weight is 411 g/mol. The quantitative estimate of drug-likeness (QED) is 0.777. The third kappa shape index (κ3) is 3.46. The van der Waals surface area contributed by atoms with E-state index >= 15 is 0 Å². The Bertz CT molecular complexity index is 652. The number of aromatic nitrogens is 2. The predicted molar refractivity (Wildman–Crippen MR) is 78.2 cm³/mol. The third-order valence-electron chi connectivity index (χ3n) is 2.08. The van der Waals surface area contributed by atoms with E-state index in [2.05, 4.69) is 10.2 Å². The highest BCUT2D eigenvalue weighted by Gasteiger charge is 2.15. The Morgan fingerprint density at radius 1 is 1.21 bits per heavy atom. The Labute approximate surface area is 131 Å². The van der Waals surface area contributed by atoms with Gasteiger partial charge in [-0.2, -0.15) is 0 Å². The van der Waals surface area contributed by atoms with Crippen molar-refractivity contribution in [3.8, 4) is 11.5 Å². The fourth-order valence-corrected chi connectivity index (χ4v) is 2.04. The van der Waals surface area contributed by atoms with Gasteiger partial charge in [-0.25, -0.2) is 4.79 Å². The van der Waals surface area contributed by atoms with Crippen LogP contribution < -0.4 is 4.74 Å². The van der Waals surface area contributed by atoms with E-state index in [4.69, 9.17) is 33.0 Å². The van der Waals surface area contributed by atoms with Crippen LogP contribution in [0.2, 0.25) is 10.3 Å². The minimum Gasteiger partial charge on any atom is -0.478 e. The monoisotopic (exact) mass is 410 g/mol. The van der Waals surface area contributed by atoms with Crippen LogP contribution in [-0.4, -0.2) is 21.3 Å². The van der Waals surface area contributed by atoms with Crippen molar-refractivity contribution in [3.05, 3.63) is 43.7 Å². The summed E-state index contributed by atoms with van der Waals surface area (Å²) in [5.74, 6) is -0.804. The molecule has 0 unspecified atom stereocenters. The molecule has 5 nitrogen and oxygen atoms in total. The largest absolute Gasteiger partial charge is 0.478 e. The van der Waals surface area contributed by atoms with Crippen LogP contribution >= 0.6 is 45.8 Å². The molecule has 2 aromatic rings. The molecule has 0 aliphatic heterocycles. The van der Waals surface area contributed by atoms with E-state index in [0.717, 1.165) is 3.57 Å². The Morgan fingerprint density at radius 2 is 1.95 bits per heavy atom. The molecule has 0 aliphatic rings. The fraction of sp³-hybridized carbons (Fsp3) is 0. The second-order valence-electron chi connectivity index (χ2n) is 3.37. The second-order valence-corrected chi connectivity index (χ2v) is 5.36. The van der Waals surface area contributed by atoms with Crippen LogP contribution in [0.25, 0.3) is 0 Å². The van der Waals surface area contributed by atoms with Gasteiger partial charge in [0.05, 0.1) is 0 Å². The molecular formula is C11H5Cl2IN2O3. The number of carbonyl (C=O) groups is 1. The number of halogens is 3. The van der Waals surface area contributed by atoms with Crippen molar-refractivity contribution in [1.29, 1.82) is 0 Å². The Kier molecular flexibility index (Phi) is 4.43. The van der Waals surface area contributed by atoms with E-state index in [1.807, 2.05) is 22.6 Å². The van der Waals surface area contributed by atoms with E-state index in [-0.39, 0.29) is 27.4 Å². The van der Waals surface area contributed by atoms with Crippen molar-refractivity contribution in [3.63, 3.8) is 0 Å². The minimum atomic E-state index is -1.10. The second kappa shape index (κ2) is 5.89. The molecule has 0 radical (unpaired) electrons. The molecule has 0 saturated carbocycles. The van der Waals surface area contributed by atoms with E-state index in [9.17, 15) is 4.79 Å². The van der Waals surface area contributed by atoms with Crippen molar-refractivity contribution in [1.82, 2.24) is 10.2 Å². The Balaban J connectivity index is 2.43. The zero-order valence-corrected chi connectivity index (χ0v) is 12.8. The van der Waals surface area contributed by atoms with Gasteiger partial charge in [0.25, 0.3) is 0 Å². The predicted octanol–water partition coefficient (Wildman–Crippen LogP) is 3.88. The van der Waals surface area contributed by atoms with Crippen LogP contribution in [0.15, 0.2) is 24.3 Å². The lowest BCUT2D eigenvalue weighted by Crippen LogP contribution is -2.01. The van der Waals surface area contributed by atoms with Gasteiger partial charge in [-0.05, 0) is 40.8 Å². The molecule has 0 amide bonds. The van der Waals surface area contributed by atoms with Gasteiger partial charge in [0.2, 0.25) is 0 Å². The molecule has 1 N–H and O–H groups in total. The number of carboxylic acid groups (broad SMARTS) is 1. The molecule has 19 heavy (non-hydrogen) atoms. The highest BCUT2D eigenvalue weighted by atomic mass is 127. The van der Waals surface area contributed by atoms with Crippen LogP contribution in [-0.2, 0) is 0 Å². The van der Waals surface area contributed by atoms with Crippen LogP contribution in [0.4, 0.5) is 0 Å². The summed E-state index contributed by atoms with van der Waals surface area (Å²) in [5.41, 5.74) is 0.0240. The molecule has 2 rings (SSSR count). The van der Waals surface area contributed by atoms with Gasteiger partial charge >= 0.3 is 5.97 Å². The highest BCUT2D eigenvalue weighted by molar-refractivity contribution is 14.1. The Morgan fingerprint density at radius 3 is 2.63 bits per heavy atom. The smallest absolute Gasteiger partial charge is 0.339 e. The lowest BCUT2D eigenvalue weighted by Gasteiger charge is -2.09. The van der Waals surface area contributed by atoms with E-state index in [0.29, 0.717) is 0 Å². The fourth-order valence-electron chi connectivity index (χ4n) is 1.29. The van der Waals surface area contributed by atoms with Crippen LogP contribution in [0.5, 0.6) is 11.5 Å². The lowest BCUT2D eigenvalue weighted by molar-refractivity contribution is 0.0694. The zero-order chi connectivity index (χ0) is 14.0. The maximum Gasteiger partial charge on any atom is 0.339 e. The molecule has 0 bridgehead atoms. The van der Waals surface area contributed by atoms with E-state index < -0.39 is 5.97 Å². The number of nitrogens with zero attached hydrogens (tertiary/aromatic N) is 2. The van der Waals surface area contributed by atoms with Gasteiger partial charge < -0.3 is 9.84 Å². The number of aromatic carboxylic acids is 1. The molecule has 0 fully saturated rings. The highest BCUT2D eigenvalue weighted by Crippen LogP contribution is 2.31. The van der Waals surface area contributed by atoms with Crippen molar-refractivity contribution < 1.29 is 14.6 Å². The third-order valence-corrected chi connectivity index (χ3v) is 3.20. The number of hydrogen-bond acceptors (Lipinski definition) is 4. The average Bonchev–Trinajstić information content (AvgIpc) is 2.35. The van der Waals surface area contributed by atoms with Crippen molar-refractivity contribution in [2.24, 2.45) is 0 Å². The first kappa shape index (κ1) is 14.3. The van der Waals surface area contributed by atoms with Crippen LogP contribution in [0.3, 0.4) is 0 Å². The zero-order valence-electron chi connectivity index (χ0n) is 9.10. The number of benzene rings is 1. The van der Waals surface area contributed by atoms with Crippen molar-refractivity contribution >= 4 is 51.8 Å². The minimum absolute atomic E-state index is 0.000659. The summed E-state index contributed by atoms with van der Waals surface area (Å²) in [7, 11) is 0. The topological polar surface area (TPSA) is 72.3 Å². The first-order chi connectivity index (χ1) is 8.97. The first-order valence-corrected chi connectivity index (χ1v) is 6.70. The maximum atomic E-state index is 11.1. The first-order valence-electron chi connectivity index (χ1n) is 4.87. The summed E-state index contributed by atoms with van der Waals surface area (Å²) in [6.45, 7) is 0. The number of hydrogen-bond donors (Lipinski definition) is 1. The molecular weight excluding hydrogens is 406 g/mol. The molecule has 0 spiro atoms. The van der Waals surface area contributed by atoms with Crippen molar-refractivity contribution in [2.75, 3.05) is 0 Å². The van der Waals surface area contributed by atoms with E-state index in [1.165, 1.54) is 18.2 Å². The van der Waals surface area contributed by atoms with Crippen LogP contribution in [0.1, 0.15) is 10.4 Å². The maximum absolute atomic E-state index is 11.1. The van der Waals surface area contributed by atoms with Gasteiger partial charge in [-0.1, -0.05) is 23.2 Å². The number of ether oxygens (including phenoxy) is 1. The summed E-state index contributed by atoms with van der Waals surface area (Å²) in [4.78, 5) is 11.1. The lowest BCUT2D eigenvalue weighted by atomic mass is 10.2. The van der Waals surface area contributed by atoms with Gasteiger partial charge in [-0.15, -0.1) is 10.2 Å². The molecule has 98 valence electrons. The summed E-state index contributed by atoms with van der Waals surface area (Å²) < 4.78 is 6.21. The number of rotatable bonds is 3. The molecule has 1 aromatic carbocycles. The molecule has 1 heterocycles.